The maximum absolute atomic E-state index is 12.6. The number of carbonyl (C=O) groups excluding carboxylic acids is 2. The molecule has 0 heterocycles. The van der Waals surface area contributed by atoms with Crippen LogP contribution >= 0.6 is 11.6 Å². The van der Waals surface area contributed by atoms with Gasteiger partial charge in [0.2, 0.25) is 0 Å². The van der Waals surface area contributed by atoms with E-state index < -0.39 is 12.0 Å². The van der Waals surface area contributed by atoms with Crippen LogP contribution in [0.15, 0.2) is 60.7 Å². The van der Waals surface area contributed by atoms with Crippen molar-refractivity contribution >= 4 is 23.5 Å². The van der Waals surface area contributed by atoms with Crippen LogP contribution in [0, 0.1) is 5.41 Å². The van der Waals surface area contributed by atoms with Gasteiger partial charge in [0.1, 0.15) is 17.5 Å². The average Bonchev–Trinajstić information content (AvgIpc) is 2.66. The number of rotatable bonds is 7. The van der Waals surface area contributed by atoms with Gasteiger partial charge in [0.15, 0.2) is 0 Å². The molecule has 1 N–H and O–H groups in total. The van der Waals surface area contributed by atoms with E-state index in [9.17, 15) is 9.59 Å². The highest BCUT2D eigenvalue weighted by Crippen LogP contribution is 2.23. The van der Waals surface area contributed by atoms with Gasteiger partial charge < -0.3 is 14.8 Å². The highest BCUT2D eigenvalue weighted by Gasteiger charge is 2.21. The maximum Gasteiger partial charge on any atom is 0.332 e. The molecule has 5 nitrogen and oxygen atoms in total. The largest absolute Gasteiger partial charge is 0.464 e. The first-order valence-electron chi connectivity index (χ1n) is 9.38. The summed E-state index contributed by atoms with van der Waals surface area (Å²) in [6.45, 7) is 7.99. The lowest BCUT2D eigenvalue weighted by Gasteiger charge is -2.17. The van der Waals surface area contributed by atoms with Crippen LogP contribution in [-0.2, 0) is 9.53 Å². The molecule has 0 aliphatic heterocycles. The van der Waals surface area contributed by atoms with Gasteiger partial charge in [-0.3, -0.25) is 4.79 Å². The lowest BCUT2D eigenvalue weighted by atomic mass is 9.95. The Labute approximate surface area is 176 Å². The van der Waals surface area contributed by atoms with E-state index in [0.717, 1.165) is 0 Å². The van der Waals surface area contributed by atoms with Gasteiger partial charge in [0, 0.05) is 10.6 Å². The quantitative estimate of drug-likeness (QED) is 0.486. The first kappa shape index (κ1) is 22.5. The number of ether oxygens (including phenoxy) is 2. The first-order valence-corrected chi connectivity index (χ1v) is 9.76. The van der Waals surface area contributed by atoms with Gasteiger partial charge in [0.05, 0.1) is 6.61 Å². The van der Waals surface area contributed by atoms with Gasteiger partial charge >= 0.3 is 5.97 Å². The van der Waals surface area contributed by atoms with Crippen molar-refractivity contribution < 1.29 is 19.1 Å². The molecule has 0 spiro atoms. The van der Waals surface area contributed by atoms with Gasteiger partial charge in [-0.05, 0) is 60.9 Å². The van der Waals surface area contributed by atoms with Crippen LogP contribution in [0.25, 0.3) is 0 Å². The molecule has 0 fully saturated rings. The van der Waals surface area contributed by atoms with Gasteiger partial charge in [-0.15, -0.1) is 0 Å². The summed E-state index contributed by atoms with van der Waals surface area (Å²) >= 11 is 5.86. The van der Waals surface area contributed by atoms with Gasteiger partial charge in [0.25, 0.3) is 5.91 Å². The Bertz CT molecular complexity index is 852. The Kier molecular flexibility index (Phi) is 7.85. The molecule has 2 rings (SSSR count). The fourth-order valence-electron chi connectivity index (χ4n) is 2.34. The van der Waals surface area contributed by atoms with Crippen LogP contribution in [0.3, 0.4) is 0 Å². The molecule has 2 aromatic carbocycles. The van der Waals surface area contributed by atoms with Gasteiger partial charge in [-0.1, -0.05) is 44.5 Å². The lowest BCUT2D eigenvalue weighted by Crippen LogP contribution is -2.40. The molecule has 154 valence electrons. The fourth-order valence-corrected chi connectivity index (χ4v) is 2.47. The Hall–Kier alpha value is -2.79. The minimum Gasteiger partial charge on any atom is -0.464 e. The van der Waals surface area contributed by atoms with Crippen LogP contribution < -0.4 is 10.1 Å². The molecule has 1 atom stereocenters. The maximum atomic E-state index is 12.6. The van der Waals surface area contributed by atoms with E-state index in [4.69, 9.17) is 21.1 Å². The Balaban J connectivity index is 2.07. The predicted octanol–water partition coefficient (Wildman–Crippen LogP) is 5.40. The Morgan fingerprint density at radius 2 is 1.59 bits per heavy atom. The molecule has 2 aromatic rings. The summed E-state index contributed by atoms with van der Waals surface area (Å²) in [4.78, 5) is 24.8. The van der Waals surface area contributed by atoms with Crippen LogP contribution in [0.4, 0.5) is 0 Å². The second-order valence-electron chi connectivity index (χ2n) is 7.51. The molecule has 0 radical (unpaired) electrons. The zero-order valence-electron chi connectivity index (χ0n) is 17.1. The van der Waals surface area contributed by atoms with Crippen molar-refractivity contribution in [2.75, 3.05) is 6.61 Å². The van der Waals surface area contributed by atoms with Crippen molar-refractivity contribution in [3.63, 3.8) is 0 Å². The summed E-state index contributed by atoms with van der Waals surface area (Å²) in [5.41, 5.74) is 0.280. The third kappa shape index (κ3) is 7.62. The van der Waals surface area contributed by atoms with E-state index in [0.29, 0.717) is 22.1 Å². The predicted molar refractivity (Wildman–Crippen MR) is 114 cm³/mol. The minimum atomic E-state index is -0.855. The normalized spacial score (nSPS) is 12.4. The van der Waals surface area contributed by atoms with E-state index in [2.05, 4.69) is 5.32 Å². The molecule has 1 unspecified atom stereocenters. The number of halogens is 1. The van der Waals surface area contributed by atoms with Crippen LogP contribution in [0.2, 0.25) is 5.02 Å². The molecular formula is C23H26ClNO4. The number of nitrogens with one attached hydrogen (secondary N) is 1. The Morgan fingerprint density at radius 1 is 1.03 bits per heavy atom. The SMILES string of the molecule is CCOC(=O)C(C=CC(C)(C)C)NC(=O)c1ccc(Oc2ccc(Cl)cc2)cc1. The minimum absolute atomic E-state index is 0.129. The first-order chi connectivity index (χ1) is 13.7. The topological polar surface area (TPSA) is 64.6 Å². The summed E-state index contributed by atoms with van der Waals surface area (Å²) in [7, 11) is 0. The van der Waals surface area contributed by atoms with Crippen molar-refractivity contribution in [1.82, 2.24) is 5.32 Å². The molecule has 29 heavy (non-hydrogen) atoms. The molecule has 1 amide bonds. The number of benzene rings is 2. The van der Waals surface area contributed by atoms with Crippen molar-refractivity contribution in [1.29, 1.82) is 0 Å². The third-order valence-corrected chi connectivity index (χ3v) is 4.03. The van der Waals surface area contributed by atoms with E-state index >= 15 is 0 Å². The van der Waals surface area contributed by atoms with Crippen molar-refractivity contribution in [2.24, 2.45) is 5.41 Å². The second kappa shape index (κ2) is 10.1. The van der Waals surface area contributed by atoms with Crippen LogP contribution in [0.5, 0.6) is 11.5 Å². The molecular weight excluding hydrogens is 390 g/mol. The zero-order chi connectivity index (χ0) is 21.4. The molecule has 0 bridgehead atoms. The van der Waals surface area contributed by atoms with E-state index in [1.165, 1.54) is 0 Å². The number of hydrogen-bond donors (Lipinski definition) is 1. The zero-order valence-corrected chi connectivity index (χ0v) is 17.8. The number of esters is 1. The average molecular weight is 416 g/mol. The summed E-state index contributed by atoms with van der Waals surface area (Å²) in [5, 5.41) is 3.34. The van der Waals surface area contributed by atoms with E-state index in [1.54, 1.807) is 61.5 Å². The second-order valence-corrected chi connectivity index (χ2v) is 7.95. The van der Waals surface area contributed by atoms with Gasteiger partial charge in [-0.25, -0.2) is 4.79 Å². The highest BCUT2D eigenvalue weighted by molar-refractivity contribution is 6.30. The molecule has 0 aliphatic carbocycles. The summed E-state index contributed by atoms with van der Waals surface area (Å²) in [6, 6.07) is 12.8. The molecule has 6 heteroatoms. The number of allylic oxidation sites excluding steroid dienone is 1. The molecule has 0 saturated carbocycles. The summed E-state index contributed by atoms with van der Waals surface area (Å²) in [5.74, 6) is 0.350. The number of hydrogen-bond acceptors (Lipinski definition) is 4. The fraction of sp³-hybridized carbons (Fsp3) is 0.304. The summed E-state index contributed by atoms with van der Waals surface area (Å²) < 4.78 is 10.8. The highest BCUT2D eigenvalue weighted by atomic mass is 35.5. The van der Waals surface area contributed by atoms with Crippen molar-refractivity contribution in [3.8, 4) is 11.5 Å². The number of amides is 1. The molecule has 0 saturated heterocycles. The van der Waals surface area contributed by atoms with Crippen LogP contribution in [0.1, 0.15) is 38.1 Å². The smallest absolute Gasteiger partial charge is 0.332 e. The van der Waals surface area contributed by atoms with Crippen molar-refractivity contribution in [2.45, 2.75) is 33.7 Å². The van der Waals surface area contributed by atoms with Gasteiger partial charge in [-0.2, -0.15) is 0 Å². The van der Waals surface area contributed by atoms with E-state index in [-0.39, 0.29) is 17.9 Å². The van der Waals surface area contributed by atoms with E-state index in [1.807, 2.05) is 26.8 Å². The number of carbonyl (C=O) groups is 2. The molecule has 0 aliphatic rings. The molecule has 0 aromatic heterocycles. The Morgan fingerprint density at radius 3 is 2.10 bits per heavy atom. The van der Waals surface area contributed by atoms with Crippen molar-refractivity contribution in [3.05, 3.63) is 71.3 Å². The monoisotopic (exact) mass is 415 g/mol. The van der Waals surface area contributed by atoms with Crippen LogP contribution in [-0.4, -0.2) is 24.5 Å². The standard InChI is InChI=1S/C23H26ClNO4/c1-5-28-22(27)20(14-15-23(2,3)4)25-21(26)16-6-10-18(11-7-16)29-19-12-8-17(24)9-13-19/h6-15,20H,5H2,1-4H3,(H,25,26). The lowest BCUT2D eigenvalue weighted by molar-refractivity contribution is -0.144. The summed E-state index contributed by atoms with van der Waals surface area (Å²) in [6.07, 6.45) is 3.53. The third-order valence-electron chi connectivity index (χ3n) is 3.78.